The van der Waals surface area contributed by atoms with Crippen molar-refractivity contribution in [1.82, 2.24) is 4.31 Å². The number of rotatable bonds is 6. The first-order valence-corrected chi connectivity index (χ1v) is 7.72. The van der Waals surface area contributed by atoms with Gasteiger partial charge >= 0.3 is 0 Å². The van der Waals surface area contributed by atoms with Gasteiger partial charge in [-0.05, 0) is 41.1 Å². The molecule has 1 aromatic rings. The fraction of sp³-hybridized carbons (Fsp3) is 0.455. The van der Waals surface area contributed by atoms with Crippen LogP contribution < -0.4 is 5.73 Å². The molecular formula is C11H17BrN2O3S. The van der Waals surface area contributed by atoms with Gasteiger partial charge in [0.25, 0.3) is 0 Å². The predicted molar refractivity (Wildman–Crippen MR) is 74.9 cm³/mol. The van der Waals surface area contributed by atoms with Crippen molar-refractivity contribution < 1.29 is 13.2 Å². The highest BCUT2D eigenvalue weighted by Crippen LogP contribution is 2.26. The molecule has 0 aliphatic carbocycles. The quantitative estimate of drug-likeness (QED) is 0.633. The molecule has 18 heavy (non-hydrogen) atoms. The highest BCUT2D eigenvalue weighted by Gasteiger charge is 2.22. The Bertz CT molecular complexity index is 505. The number of nitrogens with two attached hydrogens (primary N) is 1. The lowest BCUT2D eigenvalue weighted by Gasteiger charge is -2.18. The van der Waals surface area contributed by atoms with E-state index in [0.29, 0.717) is 29.9 Å². The van der Waals surface area contributed by atoms with Crippen molar-refractivity contribution in [2.45, 2.75) is 11.8 Å². The summed E-state index contributed by atoms with van der Waals surface area (Å²) >= 11 is 3.22. The molecule has 0 bridgehead atoms. The molecule has 0 heterocycles. The van der Waals surface area contributed by atoms with Crippen LogP contribution in [0, 0.1) is 0 Å². The van der Waals surface area contributed by atoms with Crippen LogP contribution in [0.4, 0.5) is 5.69 Å². The minimum absolute atomic E-state index is 0.204. The zero-order chi connectivity index (χ0) is 13.8. The number of benzene rings is 1. The normalized spacial score (nSPS) is 12.0. The molecule has 0 aliphatic rings. The molecule has 7 heteroatoms. The van der Waals surface area contributed by atoms with E-state index in [1.54, 1.807) is 12.1 Å². The third-order valence-electron chi connectivity index (χ3n) is 2.40. The first kappa shape index (κ1) is 15.4. The summed E-state index contributed by atoms with van der Waals surface area (Å²) in [6, 6.07) is 4.63. The highest BCUT2D eigenvalue weighted by atomic mass is 79.9. The number of likely N-dealkylation sites (N-methyl/N-ethyl adjacent to an activating group) is 1. The predicted octanol–water partition coefficient (Wildman–Crippen LogP) is 1.69. The molecule has 0 fully saturated rings. The molecule has 5 nitrogen and oxygen atoms in total. The standard InChI is InChI=1S/C11H17BrN2O3S/c1-3-17-7-6-14(2)18(15,16)11-5-4-9(13)8-10(11)12/h4-5,8H,3,6-7,13H2,1-2H3. The Morgan fingerprint density at radius 2 is 2.11 bits per heavy atom. The van der Waals surface area contributed by atoms with Crippen LogP contribution in [-0.2, 0) is 14.8 Å². The van der Waals surface area contributed by atoms with Crippen LogP contribution in [0.2, 0.25) is 0 Å². The maximum Gasteiger partial charge on any atom is 0.244 e. The van der Waals surface area contributed by atoms with E-state index in [0.717, 1.165) is 0 Å². The number of nitrogens with zero attached hydrogens (tertiary/aromatic N) is 1. The zero-order valence-electron chi connectivity index (χ0n) is 10.4. The van der Waals surface area contributed by atoms with Crippen molar-refractivity contribution in [3.05, 3.63) is 22.7 Å². The van der Waals surface area contributed by atoms with Gasteiger partial charge < -0.3 is 10.5 Å². The van der Waals surface area contributed by atoms with Crippen LogP contribution in [0.25, 0.3) is 0 Å². The third-order valence-corrected chi connectivity index (χ3v) is 5.23. The Morgan fingerprint density at radius 3 is 2.67 bits per heavy atom. The second-order valence-electron chi connectivity index (χ2n) is 3.71. The molecule has 0 aromatic heterocycles. The summed E-state index contributed by atoms with van der Waals surface area (Å²) in [6.45, 7) is 3.12. The summed E-state index contributed by atoms with van der Waals surface area (Å²) in [5.74, 6) is 0. The number of hydrogen-bond acceptors (Lipinski definition) is 4. The number of hydrogen-bond donors (Lipinski definition) is 1. The molecule has 0 unspecified atom stereocenters. The second kappa shape index (κ2) is 6.51. The minimum atomic E-state index is -3.52. The summed E-state index contributed by atoms with van der Waals surface area (Å²) < 4.78 is 31.4. The molecule has 0 saturated heterocycles. The van der Waals surface area contributed by atoms with E-state index in [1.807, 2.05) is 6.92 Å². The van der Waals surface area contributed by atoms with E-state index in [-0.39, 0.29) is 4.90 Å². The molecule has 0 saturated carbocycles. The van der Waals surface area contributed by atoms with Crippen LogP contribution in [-0.4, -0.2) is 39.5 Å². The van der Waals surface area contributed by atoms with E-state index in [4.69, 9.17) is 10.5 Å². The monoisotopic (exact) mass is 336 g/mol. The van der Waals surface area contributed by atoms with Crippen LogP contribution in [0.1, 0.15) is 6.92 Å². The largest absolute Gasteiger partial charge is 0.399 e. The molecule has 0 aliphatic heterocycles. The molecule has 1 rings (SSSR count). The number of sulfonamides is 1. The molecule has 0 radical (unpaired) electrons. The van der Waals surface area contributed by atoms with Crippen molar-refractivity contribution >= 4 is 31.6 Å². The SMILES string of the molecule is CCOCCN(C)S(=O)(=O)c1ccc(N)cc1Br. The van der Waals surface area contributed by atoms with Crippen LogP contribution >= 0.6 is 15.9 Å². The van der Waals surface area contributed by atoms with Gasteiger partial charge in [-0.1, -0.05) is 0 Å². The number of halogens is 1. The molecule has 1 aromatic carbocycles. The van der Waals surface area contributed by atoms with Crippen molar-refractivity contribution in [3.8, 4) is 0 Å². The van der Waals surface area contributed by atoms with Crippen LogP contribution in [0.3, 0.4) is 0 Å². The summed E-state index contributed by atoms with van der Waals surface area (Å²) in [5, 5.41) is 0. The van der Waals surface area contributed by atoms with Crippen molar-refractivity contribution in [3.63, 3.8) is 0 Å². The average molecular weight is 337 g/mol. The van der Waals surface area contributed by atoms with Gasteiger partial charge in [-0.15, -0.1) is 0 Å². The molecule has 0 spiro atoms. The van der Waals surface area contributed by atoms with E-state index < -0.39 is 10.0 Å². The Kier molecular flexibility index (Phi) is 5.58. The topological polar surface area (TPSA) is 72.6 Å². The summed E-state index contributed by atoms with van der Waals surface area (Å²) in [5.41, 5.74) is 6.10. The number of ether oxygens (including phenoxy) is 1. The van der Waals surface area contributed by atoms with Crippen molar-refractivity contribution in [1.29, 1.82) is 0 Å². The van der Waals surface area contributed by atoms with Gasteiger partial charge in [-0.25, -0.2) is 8.42 Å². The number of anilines is 1. The zero-order valence-corrected chi connectivity index (χ0v) is 12.8. The van der Waals surface area contributed by atoms with Gasteiger partial charge in [-0.3, -0.25) is 0 Å². The first-order valence-electron chi connectivity index (χ1n) is 5.48. The molecular weight excluding hydrogens is 320 g/mol. The average Bonchev–Trinajstić information content (AvgIpc) is 2.28. The van der Waals surface area contributed by atoms with Gasteiger partial charge in [0, 0.05) is 30.4 Å². The van der Waals surface area contributed by atoms with Gasteiger partial charge in [-0.2, -0.15) is 4.31 Å². The third kappa shape index (κ3) is 3.68. The molecule has 102 valence electrons. The van der Waals surface area contributed by atoms with E-state index in [9.17, 15) is 8.42 Å². The highest BCUT2D eigenvalue weighted by molar-refractivity contribution is 9.10. The summed E-state index contributed by atoms with van der Waals surface area (Å²) in [6.07, 6.45) is 0. The molecule has 0 amide bonds. The summed E-state index contributed by atoms with van der Waals surface area (Å²) in [4.78, 5) is 0.204. The lowest BCUT2D eigenvalue weighted by molar-refractivity contribution is 0.138. The Hall–Kier alpha value is -0.630. The van der Waals surface area contributed by atoms with Crippen molar-refractivity contribution in [2.75, 3.05) is 32.5 Å². The Morgan fingerprint density at radius 1 is 1.44 bits per heavy atom. The fourth-order valence-electron chi connectivity index (χ4n) is 1.35. The van der Waals surface area contributed by atoms with Crippen molar-refractivity contribution in [2.24, 2.45) is 0 Å². The van der Waals surface area contributed by atoms with Gasteiger partial charge in [0.15, 0.2) is 0 Å². The van der Waals surface area contributed by atoms with Crippen LogP contribution in [0.5, 0.6) is 0 Å². The first-order chi connectivity index (χ1) is 8.39. The maximum absolute atomic E-state index is 12.3. The smallest absolute Gasteiger partial charge is 0.244 e. The second-order valence-corrected chi connectivity index (χ2v) is 6.58. The van der Waals surface area contributed by atoms with E-state index >= 15 is 0 Å². The fourth-order valence-corrected chi connectivity index (χ4v) is 3.56. The van der Waals surface area contributed by atoms with Gasteiger partial charge in [0.1, 0.15) is 0 Å². The minimum Gasteiger partial charge on any atom is -0.399 e. The molecule has 2 N–H and O–H groups in total. The Labute approximate surface area is 116 Å². The molecule has 0 atom stereocenters. The lowest BCUT2D eigenvalue weighted by Crippen LogP contribution is -2.30. The van der Waals surface area contributed by atoms with Crippen LogP contribution in [0.15, 0.2) is 27.6 Å². The van der Waals surface area contributed by atoms with Gasteiger partial charge in [0.05, 0.1) is 11.5 Å². The lowest BCUT2D eigenvalue weighted by atomic mass is 10.3. The van der Waals surface area contributed by atoms with E-state index in [2.05, 4.69) is 15.9 Å². The maximum atomic E-state index is 12.3. The van der Waals surface area contributed by atoms with E-state index in [1.165, 1.54) is 17.4 Å². The Balaban J connectivity index is 2.91. The summed E-state index contributed by atoms with van der Waals surface area (Å²) in [7, 11) is -1.99. The number of nitrogen functional groups attached to an aromatic ring is 1. The van der Waals surface area contributed by atoms with Gasteiger partial charge in [0.2, 0.25) is 10.0 Å².